The van der Waals surface area contributed by atoms with Gasteiger partial charge in [0.25, 0.3) is 0 Å². The van der Waals surface area contributed by atoms with Crippen LogP contribution in [0.15, 0.2) is 0 Å². The van der Waals surface area contributed by atoms with E-state index >= 15 is 0 Å². The molecule has 0 amide bonds. The van der Waals surface area contributed by atoms with Gasteiger partial charge < -0.3 is 157 Å². The molecule has 382 valence electrons. The minimum Gasteiger partial charge on any atom is -0.412 e. The van der Waals surface area contributed by atoms with E-state index in [1.807, 2.05) is 0 Å². The van der Waals surface area contributed by atoms with Crippen molar-refractivity contribution in [1.82, 2.24) is 0 Å². The SMILES string of the molecule is CC(O)O.CC(O)O.CC(O)O.CC(O)O.CC(O)O.CC(O)O.CC(O)O.CC(O)O.CC(O)O.CO.O.O.O.O.O.O.O.O.O.O.O.[Ce].[Mn].[Mn].[Mn].[Mn].[Mn].[Mn]. The number of hydrogen-bond acceptors (Lipinski definition) is 19. The van der Waals surface area contributed by atoms with Crippen LogP contribution in [0.5, 0.6) is 0 Å². The fraction of sp³-hybridized carbons (Fsp3) is 1.00. The summed E-state index contributed by atoms with van der Waals surface area (Å²) in [5.41, 5.74) is 0. The molecule has 0 aliphatic rings. The maximum absolute atomic E-state index is 7.61. The second kappa shape index (κ2) is 209. The molecule has 6 radical (unpaired) electrons. The van der Waals surface area contributed by atoms with Gasteiger partial charge >= 0.3 is 0 Å². The van der Waals surface area contributed by atoms with E-state index in [0.717, 1.165) is 7.11 Å². The van der Waals surface area contributed by atoms with Gasteiger partial charge in [-0.05, 0) is 62.3 Å². The summed E-state index contributed by atoms with van der Waals surface area (Å²) in [7, 11) is 1.00. The summed E-state index contributed by atoms with van der Waals surface area (Å²) in [6.07, 6.45) is -10.5. The Kier molecular flexibility index (Phi) is 766. The Morgan fingerprint density at radius 2 is 0.179 bits per heavy atom. The molecule has 0 aromatic carbocycles. The minimum atomic E-state index is -1.17. The van der Waals surface area contributed by atoms with Gasteiger partial charge in [-0.3, -0.25) is 0 Å². The summed E-state index contributed by atoms with van der Waals surface area (Å²) in [6.45, 7) is 11.5. The third kappa shape index (κ3) is 16700. The Morgan fingerprint density at radius 3 is 0.179 bits per heavy atom. The Balaban J connectivity index is -0.00000000579. The van der Waals surface area contributed by atoms with E-state index in [0.29, 0.717) is 0 Å². The molecule has 0 bridgehead atoms. The molecular formula is C19H80CeMn6O30. The third-order valence-corrected chi connectivity index (χ3v) is 0. The van der Waals surface area contributed by atoms with Crippen molar-refractivity contribution in [3.05, 3.63) is 0 Å². The van der Waals surface area contributed by atoms with Crippen LogP contribution in [0.25, 0.3) is 0 Å². The first-order valence-corrected chi connectivity index (χ1v) is 10.3. The van der Waals surface area contributed by atoms with E-state index in [2.05, 4.69) is 0 Å². The van der Waals surface area contributed by atoms with Crippen molar-refractivity contribution >= 4 is 0 Å². The smallest absolute Gasteiger partial charge is 0.148 e. The van der Waals surface area contributed by atoms with Gasteiger partial charge in [0.2, 0.25) is 0 Å². The Bertz CT molecular complexity index is 210. The topological polar surface area (TPSA) is 731 Å². The molecule has 37 heteroatoms. The Hall–Kier alpha value is 3.29. The zero-order chi connectivity index (χ0) is 34.2. The zero-order valence-electron chi connectivity index (χ0n) is 32.0. The molecule has 0 aliphatic heterocycles. The Morgan fingerprint density at radius 1 is 0.179 bits per heavy atom. The second-order valence-electron chi connectivity index (χ2n) is 5.69. The molecule has 0 aliphatic carbocycles. The predicted molar refractivity (Wildman–Crippen MR) is 173 cm³/mol. The number of aliphatic hydroxyl groups is 19. The summed E-state index contributed by atoms with van der Waals surface area (Å²) in [5.74, 6) is 0. The van der Waals surface area contributed by atoms with Crippen LogP contribution in [0.1, 0.15) is 62.3 Å². The molecule has 0 aromatic heterocycles. The number of aliphatic hydroxyl groups excluding tert-OH is 10. The van der Waals surface area contributed by atoms with Crippen LogP contribution in [0.2, 0.25) is 0 Å². The van der Waals surface area contributed by atoms with Crippen molar-refractivity contribution < 1.29 is 301 Å². The molecule has 0 saturated carbocycles. The fourth-order valence-electron chi connectivity index (χ4n) is 0. The van der Waals surface area contributed by atoms with Crippen LogP contribution in [-0.2, 0) is 102 Å². The molecule has 0 saturated heterocycles. The average Bonchev–Trinajstić information content (AvgIpc) is 2.50. The normalized spacial score (nSPS) is 5.89. The molecule has 0 atom stereocenters. The maximum Gasteiger partial charge on any atom is 0.148 e. The summed E-state index contributed by atoms with van der Waals surface area (Å²) in [5, 5.41) is 144. The summed E-state index contributed by atoms with van der Waals surface area (Å²) >= 11 is 0. The molecule has 0 unspecified atom stereocenters. The summed E-state index contributed by atoms with van der Waals surface area (Å²) < 4.78 is 0. The van der Waals surface area contributed by atoms with Gasteiger partial charge in [0.1, 0.15) is 56.6 Å². The maximum atomic E-state index is 7.61. The van der Waals surface area contributed by atoms with Gasteiger partial charge in [-0.1, -0.05) is 0 Å². The van der Waals surface area contributed by atoms with E-state index in [9.17, 15) is 0 Å². The van der Waals surface area contributed by atoms with Gasteiger partial charge in [0.15, 0.2) is 0 Å². The largest absolute Gasteiger partial charge is 0.412 e. The van der Waals surface area contributed by atoms with Crippen LogP contribution in [-0.4, -0.2) is 221 Å². The molecule has 30 nitrogen and oxygen atoms in total. The van der Waals surface area contributed by atoms with Crippen molar-refractivity contribution in [2.75, 3.05) is 7.11 Å². The van der Waals surface area contributed by atoms with Crippen LogP contribution in [0, 0.1) is 41.7 Å². The van der Waals surface area contributed by atoms with Crippen molar-refractivity contribution in [2.45, 2.75) is 119 Å². The van der Waals surface area contributed by atoms with Crippen molar-refractivity contribution in [3.8, 4) is 0 Å². The van der Waals surface area contributed by atoms with Crippen molar-refractivity contribution in [2.24, 2.45) is 0 Å². The first kappa shape index (κ1) is 206. The van der Waals surface area contributed by atoms with Crippen LogP contribution >= 0.6 is 0 Å². The second-order valence-corrected chi connectivity index (χ2v) is 5.69. The predicted octanol–water partition coefficient (Wildman–Crippen LogP) is -15.6. The van der Waals surface area contributed by atoms with Gasteiger partial charge in [0.05, 0.1) is 0 Å². The van der Waals surface area contributed by atoms with E-state index < -0.39 is 56.6 Å². The molecule has 0 heterocycles. The van der Waals surface area contributed by atoms with Crippen LogP contribution < -0.4 is 0 Å². The van der Waals surface area contributed by atoms with Crippen LogP contribution in [0.3, 0.4) is 0 Å². The molecule has 0 fully saturated rings. The summed E-state index contributed by atoms with van der Waals surface area (Å²) in [4.78, 5) is 0. The van der Waals surface area contributed by atoms with Crippen molar-refractivity contribution in [1.29, 1.82) is 0 Å². The summed E-state index contributed by atoms with van der Waals surface area (Å²) in [6, 6.07) is 0. The van der Waals surface area contributed by atoms with E-state index in [1.165, 1.54) is 62.3 Å². The van der Waals surface area contributed by atoms with Crippen LogP contribution in [0.4, 0.5) is 0 Å². The zero-order valence-corrected chi connectivity index (χ0v) is 42.2. The van der Waals surface area contributed by atoms with Gasteiger partial charge in [0, 0.05) is 151 Å². The van der Waals surface area contributed by atoms with Gasteiger partial charge in [-0.2, -0.15) is 0 Å². The Labute approximate surface area is 423 Å². The average molecular weight is 1260 g/mol. The van der Waals surface area contributed by atoms with E-state index in [1.54, 1.807) is 0 Å². The van der Waals surface area contributed by atoms with Gasteiger partial charge in [-0.25, -0.2) is 0 Å². The molecule has 0 aromatic rings. The molecular weight excluding hydrogens is 1180 g/mol. The van der Waals surface area contributed by atoms with E-state index in [4.69, 9.17) is 97.0 Å². The first-order chi connectivity index (χ1) is 16.6. The van der Waals surface area contributed by atoms with Crippen molar-refractivity contribution in [3.63, 3.8) is 0 Å². The fourth-order valence-corrected chi connectivity index (χ4v) is 0. The minimum absolute atomic E-state index is 0. The molecule has 0 spiro atoms. The monoisotopic (exact) mass is 1260 g/mol. The van der Waals surface area contributed by atoms with Gasteiger partial charge in [-0.15, -0.1) is 0 Å². The quantitative estimate of drug-likeness (QED) is 0.0791. The molecule has 41 N–H and O–H groups in total. The molecule has 56 heavy (non-hydrogen) atoms. The molecule has 0 rings (SSSR count). The number of hydrogen-bond donors (Lipinski definition) is 19. The standard InChI is InChI=1S/9C2H6O2.CH4O.Ce.6Mn.11H2O/c9*1-2(3)4;1-2;;;;;;;;;;;;;;;;;;/h9*2-4H,1H3;2H,1H3;;;;;;;;11*1H2. The van der Waals surface area contributed by atoms with E-state index in [-0.39, 0.29) is 204 Å². The third-order valence-electron chi connectivity index (χ3n) is 0. The number of rotatable bonds is 0. The first-order valence-electron chi connectivity index (χ1n) is 10.3.